The van der Waals surface area contributed by atoms with Gasteiger partial charge in [-0.25, -0.2) is 0 Å². The summed E-state index contributed by atoms with van der Waals surface area (Å²) in [6, 6.07) is 20.1. The van der Waals surface area contributed by atoms with Gasteiger partial charge in [0.25, 0.3) is 11.8 Å². The molecule has 4 heteroatoms. The van der Waals surface area contributed by atoms with E-state index in [4.69, 9.17) is 0 Å². The zero-order valence-electron chi connectivity index (χ0n) is 17.4. The van der Waals surface area contributed by atoms with E-state index in [0.717, 1.165) is 5.06 Å². The third kappa shape index (κ3) is 3.29. The van der Waals surface area contributed by atoms with Crippen LogP contribution >= 0.6 is 0 Å². The number of nitrogens with zero attached hydrogens (tertiary/aromatic N) is 1. The van der Waals surface area contributed by atoms with Crippen LogP contribution in [0.15, 0.2) is 66.7 Å². The van der Waals surface area contributed by atoms with Crippen LogP contribution in [0.5, 0.6) is 0 Å². The first-order chi connectivity index (χ1) is 15.2. The van der Waals surface area contributed by atoms with E-state index >= 15 is 0 Å². The Labute approximate surface area is 181 Å². The molecule has 0 radical (unpaired) electrons. The van der Waals surface area contributed by atoms with Gasteiger partial charge in [-0.2, -0.15) is 0 Å². The van der Waals surface area contributed by atoms with Gasteiger partial charge < -0.3 is 0 Å². The lowest BCUT2D eigenvalue weighted by molar-refractivity contribution is -0.0645. The zero-order valence-corrected chi connectivity index (χ0v) is 17.4. The molecule has 0 aromatic heterocycles. The minimum Gasteiger partial charge on any atom is -0.266 e. The van der Waals surface area contributed by atoms with E-state index in [0.29, 0.717) is 11.1 Å². The minimum absolute atomic E-state index is 0.398. The van der Waals surface area contributed by atoms with Crippen LogP contribution in [0.25, 0.3) is 17.2 Å². The number of hydrogen-bond donors (Lipinski definition) is 0. The van der Waals surface area contributed by atoms with Crippen LogP contribution < -0.4 is 0 Å². The van der Waals surface area contributed by atoms with Crippen LogP contribution in [0.4, 0.5) is 0 Å². The Morgan fingerprint density at radius 1 is 0.710 bits per heavy atom. The van der Waals surface area contributed by atoms with Crippen LogP contribution in [0.1, 0.15) is 49.4 Å². The second-order valence-electron chi connectivity index (χ2n) is 7.89. The highest BCUT2D eigenvalue weighted by Crippen LogP contribution is 2.38. The molecule has 0 saturated carbocycles. The molecule has 1 heterocycles. The second-order valence-corrected chi connectivity index (χ2v) is 7.89. The van der Waals surface area contributed by atoms with Gasteiger partial charge in [-0.3, -0.25) is 14.4 Å². The van der Waals surface area contributed by atoms with E-state index in [-0.39, 0.29) is 0 Å². The summed E-state index contributed by atoms with van der Waals surface area (Å²) in [5, 5.41) is 0.755. The first kappa shape index (κ1) is 19.5. The van der Waals surface area contributed by atoms with Crippen LogP contribution in [0.2, 0.25) is 0 Å². The van der Waals surface area contributed by atoms with Crippen molar-refractivity contribution in [1.82, 2.24) is 5.06 Å². The average Bonchev–Trinajstić information content (AvgIpc) is 3.08. The van der Waals surface area contributed by atoms with Crippen molar-refractivity contribution in [3.63, 3.8) is 0 Å². The highest BCUT2D eigenvalue weighted by atomic mass is 16.7. The molecular weight excluding hydrogens is 386 g/mol. The van der Waals surface area contributed by atoms with Gasteiger partial charge >= 0.3 is 0 Å². The molecule has 0 bridgehead atoms. The Kier molecular flexibility index (Phi) is 5.00. The molecule has 0 saturated heterocycles. The van der Waals surface area contributed by atoms with E-state index < -0.39 is 11.8 Å². The Morgan fingerprint density at radius 2 is 1.39 bits per heavy atom. The molecular formula is C27H23NO3. The number of amides is 2. The number of benzene rings is 3. The fraction of sp³-hybridized carbons (Fsp3) is 0.185. The minimum atomic E-state index is -0.400. The van der Waals surface area contributed by atoms with Crippen LogP contribution in [-0.2, 0) is 24.1 Å². The number of allylic oxidation sites excluding steroid dienone is 1. The van der Waals surface area contributed by atoms with Gasteiger partial charge in [0.1, 0.15) is 0 Å². The number of aryl methyl sites for hydroxylation is 1. The summed E-state index contributed by atoms with van der Waals surface area (Å²) in [5.74, 6) is -0.800. The number of hydrogen-bond acceptors (Lipinski definition) is 3. The number of carbonyl (C=O) groups is 2. The standard InChI is InChI=1S/C18H16.C9H7NO3/c1-3-7-15-13(5-1)9-11-18-16-8-4-2-6-14(16)10-12-17(15)18;1-13-10-8(11)6-4-2-3-5-7(6)9(10)12/h1-3,5-7,10,12H,4,8-9,11H2;2-5H,1H3. The smallest absolute Gasteiger partial charge is 0.266 e. The Morgan fingerprint density at radius 3 is 2.10 bits per heavy atom. The SMILES string of the molecule is C1=Cc2ccc3c(c2CC1)CCc1ccccc1-3.CON1C(=O)c2ccccc2C1=O. The van der Waals surface area contributed by atoms with Crippen molar-refractivity contribution in [2.24, 2.45) is 0 Å². The van der Waals surface area contributed by atoms with Crippen molar-refractivity contribution in [3.05, 3.63) is 100 Å². The van der Waals surface area contributed by atoms with Gasteiger partial charge in [-0.1, -0.05) is 60.7 Å². The molecule has 0 spiro atoms. The van der Waals surface area contributed by atoms with E-state index in [1.54, 1.807) is 35.4 Å². The summed E-state index contributed by atoms with van der Waals surface area (Å²) in [6.45, 7) is 0. The third-order valence-corrected chi connectivity index (χ3v) is 6.22. The molecule has 0 N–H and O–H groups in total. The van der Waals surface area contributed by atoms with Gasteiger partial charge in [0.15, 0.2) is 0 Å². The molecule has 0 fully saturated rings. The highest BCUT2D eigenvalue weighted by Gasteiger charge is 2.35. The Balaban J connectivity index is 0.000000140. The van der Waals surface area contributed by atoms with E-state index in [1.165, 1.54) is 55.0 Å². The number of carbonyl (C=O) groups excluding carboxylic acids is 2. The molecule has 4 nitrogen and oxygen atoms in total. The molecule has 2 amide bonds. The van der Waals surface area contributed by atoms with Crippen LogP contribution in [-0.4, -0.2) is 24.0 Å². The second kappa shape index (κ2) is 7.97. The van der Waals surface area contributed by atoms with Crippen LogP contribution in [0, 0.1) is 0 Å². The third-order valence-electron chi connectivity index (χ3n) is 6.22. The van der Waals surface area contributed by atoms with E-state index in [1.807, 2.05) is 0 Å². The normalized spacial score (nSPS) is 15.5. The quantitative estimate of drug-likeness (QED) is 0.516. The van der Waals surface area contributed by atoms with E-state index in [9.17, 15) is 9.59 Å². The number of hydroxylamine groups is 2. The number of imide groups is 1. The lowest BCUT2D eigenvalue weighted by Crippen LogP contribution is -2.28. The Hall–Kier alpha value is -3.50. The molecule has 2 aliphatic carbocycles. The number of rotatable bonds is 1. The van der Waals surface area contributed by atoms with Crippen molar-refractivity contribution in [1.29, 1.82) is 0 Å². The van der Waals surface area contributed by atoms with E-state index in [2.05, 4.69) is 53.4 Å². The summed E-state index contributed by atoms with van der Waals surface area (Å²) in [6.07, 6.45) is 9.42. The summed E-state index contributed by atoms with van der Waals surface area (Å²) in [5.41, 5.74) is 9.89. The fourth-order valence-electron chi connectivity index (χ4n) is 4.73. The molecule has 31 heavy (non-hydrogen) atoms. The van der Waals surface area contributed by atoms with Crippen molar-refractivity contribution in [2.75, 3.05) is 7.11 Å². The Bertz CT molecular complexity index is 1190. The maximum absolute atomic E-state index is 11.4. The highest BCUT2D eigenvalue weighted by molar-refractivity contribution is 6.20. The summed E-state index contributed by atoms with van der Waals surface area (Å²) in [4.78, 5) is 27.5. The summed E-state index contributed by atoms with van der Waals surface area (Å²) >= 11 is 0. The van der Waals surface area contributed by atoms with Crippen molar-refractivity contribution in [2.45, 2.75) is 25.7 Å². The fourth-order valence-corrected chi connectivity index (χ4v) is 4.73. The monoisotopic (exact) mass is 409 g/mol. The van der Waals surface area contributed by atoms with Crippen molar-refractivity contribution in [3.8, 4) is 11.1 Å². The molecule has 6 rings (SSSR count). The topological polar surface area (TPSA) is 46.6 Å². The summed E-state index contributed by atoms with van der Waals surface area (Å²) < 4.78 is 0. The van der Waals surface area contributed by atoms with Gasteiger partial charge in [0, 0.05) is 0 Å². The molecule has 3 aromatic carbocycles. The molecule has 154 valence electrons. The zero-order chi connectivity index (χ0) is 21.4. The van der Waals surface area contributed by atoms with Crippen molar-refractivity contribution < 1.29 is 14.4 Å². The molecule has 0 atom stereocenters. The molecule has 3 aromatic rings. The predicted octanol–water partition coefficient (Wildman–Crippen LogP) is 5.26. The average molecular weight is 409 g/mol. The maximum atomic E-state index is 11.4. The largest absolute Gasteiger partial charge is 0.285 e. The lowest BCUT2D eigenvalue weighted by atomic mass is 9.80. The molecule has 0 unspecified atom stereocenters. The van der Waals surface area contributed by atoms with Gasteiger partial charge in [0.05, 0.1) is 18.2 Å². The molecule has 1 aliphatic heterocycles. The van der Waals surface area contributed by atoms with Crippen molar-refractivity contribution >= 4 is 17.9 Å². The lowest BCUT2D eigenvalue weighted by Gasteiger charge is -2.25. The molecule has 3 aliphatic rings. The first-order valence-electron chi connectivity index (χ1n) is 10.6. The van der Waals surface area contributed by atoms with Gasteiger partial charge in [0.2, 0.25) is 0 Å². The van der Waals surface area contributed by atoms with Gasteiger partial charge in [-0.05, 0) is 71.2 Å². The first-order valence-corrected chi connectivity index (χ1v) is 10.6. The number of fused-ring (bicyclic) bond motifs is 6. The van der Waals surface area contributed by atoms with Gasteiger partial charge in [-0.15, -0.1) is 5.06 Å². The van der Waals surface area contributed by atoms with Crippen LogP contribution in [0.3, 0.4) is 0 Å². The maximum Gasteiger partial charge on any atom is 0.285 e. The predicted molar refractivity (Wildman–Crippen MR) is 121 cm³/mol. The summed E-state index contributed by atoms with van der Waals surface area (Å²) in [7, 11) is 1.29.